The summed E-state index contributed by atoms with van der Waals surface area (Å²) in [6, 6.07) is 5.46. The van der Waals surface area contributed by atoms with Crippen LogP contribution in [-0.4, -0.2) is 28.8 Å². The van der Waals surface area contributed by atoms with Crippen molar-refractivity contribution in [2.45, 2.75) is 44.8 Å². The molecule has 0 spiro atoms. The molecular formula is C14H19FN2O4S. The molecule has 0 radical (unpaired) electrons. The predicted molar refractivity (Wildman–Crippen MR) is 80.5 cm³/mol. The lowest BCUT2D eigenvalue weighted by Crippen LogP contribution is -2.43. The van der Waals surface area contributed by atoms with E-state index in [1.54, 1.807) is 27.7 Å². The predicted octanol–water partition coefficient (Wildman–Crippen LogP) is 3.73. The van der Waals surface area contributed by atoms with Crippen LogP contribution in [0, 0.1) is 5.82 Å². The minimum absolute atomic E-state index is 0.334. The van der Waals surface area contributed by atoms with Gasteiger partial charge in [-0.25, -0.2) is 19.4 Å². The van der Waals surface area contributed by atoms with Gasteiger partial charge in [0.1, 0.15) is 5.82 Å². The summed E-state index contributed by atoms with van der Waals surface area (Å²) >= 11 is 0.883. The topological polar surface area (TPSA) is 67.9 Å². The zero-order valence-corrected chi connectivity index (χ0v) is 13.6. The molecular weight excluding hydrogens is 311 g/mol. The summed E-state index contributed by atoms with van der Waals surface area (Å²) in [5, 5.41) is 0. The van der Waals surface area contributed by atoms with Gasteiger partial charge >= 0.3 is 12.2 Å². The highest BCUT2D eigenvalue weighted by atomic mass is 32.2. The van der Waals surface area contributed by atoms with Crippen LogP contribution in [-0.2, 0) is 9.47 Å². The minimum atomic E-state index is -0.787. The van der Waals surface area contributed by atoms with E-state index in [4.69, 9.17) is 9.47 Å². The first-order chi connectivity index (χ1) is 10.3. The molecule has 1 rings (SSSR count). The second-order valence-electron chi connectivity index (χ2n) is 4.84. The summed E-state index contributed by atoms with van der Waals surface area (Å²) in [5.41, 5.74) is 2.28. The highest BCUT2D eigenvalue weighted by Gasteiger charge is 2.22. The van der Waals surface area contributed by atoms with E-state index < -0.39 is 18.0 Å². The molecule has 1 aromatic rings. The average Bonchev–Trinajstić information content (AvgIpc) is 2.38. The number of carbonyl (C=O) groups is 2. The van der Waals surface area contributed by atoms with E-state index in [0.717, 1.165) is 16.4 Å². The third kappa shape index (κ3) is 6.66. The van der Waals surface area contributed by atoms with Crippen molar-refractivity contribution in [2.75, 3.05) is 0 Å². The van der Waals surface area contributed by atoms with E-state index in [1.807, 2.05) is 0 Å². The zero-order valence-electron chi connectivity index (χ0n) is 12.8. The lowest BCUT2D eigenvalue weighted by molar-refractivity contribution is 0.0743. The van der Waals surface area contributed by atoms with Crippen LogP contribution in [0.3, 0.4) is 0 Å². The lowest BCUT2D eigenvalue weighted by atomic mass is 10.4. The second kappa shape index (κ2) is 8.47. The molecule has 0 aliphatic carbocycles. The Bertz CT molecular complexity index is 508. The fourth-order valence-electron chi connectivity index (χ4n) is 1.28. The Morgan fingerprint density at radius 1 is 1.09 bits per heavy atom. The number of ether oxygens (including phenoxy) is 2. The monoisotopic (exact) mass is 330 g/mol. The van der Waals surface area contributed by atoms with Crippen LogP contribution in [0.25, 0.3) is 0 Å². The molecule has 22 heavy (non-hydrogen) atoms. The summed E-state index contributed by atoms with van der Waals surface area (Å²) in [7, 11) is 0. The number of nitrogens with zero attached hydrogens (tertiary/aromatic N) is 1. The van der Waals surface area contributed by atoms with Crippen molar-refractivity contribution < 1.29 is 23.5 Å². The largest absolute Gasteiger partial charge is 0.446 e. The molecule has 0 saturated carbocycles. The first-order valence-electron chi connectivity index (χ1n) is 6.69. The fraction of sp³-hybridized carbons (Fsp3) is 0.429. The molecule has 1 aromatic carbocycles. The number of nitrogens with one attached hydrogen (secondary N) is 1. The Morgan fingerprint density at radius 3 is 2.14 bits per heavy atom. The molecule has 0 saturated heterocycles. The van der Waals surface area contributed by atoms with Crippen molar-refractivity contribution >= 4 is 24.1 Å². The van der Waals surface area contributed by atoms with Gasteiger partial charge in [0.2, 0.25) is 0 Å². The van der Waals surface area contributed by atoms with Crippen molar-refractivity contribution in [1.29, 1.82) is 0 Å². The zero-order chi connectivity index (χ0) is 16.7. The second-order valence-corrected chi connectivity index (χ2v) is 5.86. The van der Waals surface area contributed by atoms with E-state index >= 15 is 0 Å². The number of amides is 2. The van der Waals surface area contributed by atoms with Crippen molar-refractivity contribution in [3.05, 3.63) is 30.1 Å². The van der Waals surface area contributed by atoms with Crippen molar-refractivity contribution in [1.82, 2.24) is 9.84 Å². The van der Waals surface area contributed by atoms with Gasteiger partial charge in [0.05, 0.1) is 12.2 Å². The SMILES string of the molecule is CC(C)OC(=O)NN(Sc1ccc(F)cc1)C(=O)OC(C)C. The van der Waals surface area contributed by atoms with Crippen LogP contribution in [0.2, 0.25) is 0 Å². The van der Waals surface area contributed by atoms with E-state index in [9.17, 15) is 14.0 Å². The van der Waals surface area contributed by atoms with Crippen molar-refractivity contribution in [3.8, 4) is 0 Å². The molecule has 122 valence electrons. The highest BCUT2D eigenvalue weighted by Crippen LogP contribution is 2.22. The van der Waals surface area contributed by atoms with Gasteiger partial charge in [-0.15, -0.1) is 4.41 Å². The normalized spacial score (nSPS) is 10.5. The first-order valence-corrected chi connectivity index (χ1v) is 7.46. The summed E-state index contributed by atoms with van der Waals surface area (Å²) in [6.45, 7) is 6.74. The number of carbonyl (C=O) groups excluding carboxylic acids is 2. The molecule has 0 heterocycles. The smallest absolute Gasteiger partial charge is 0.440 e. The summed E-state index contributed by atoms with van der Waals surface area (Å²) in [6.07, 6.45) is -2.24. The molecule has 8 heteroatoms. The molecule has 0 aliphatic rings. The number of rotatable bonds is 4. The van der Waals surface area contributed by atoms with Gasteiger partial charge in [-0.3, -0.25) is 0 Å². The maximum Gasteiger partial charge on any atom is 0.440 e. The molecule has 0 aliphatic heterocycles. The maximum absolute atomic E-state index is 12.9. The Labute approximate surface area is 133 Å². The quantitative estimate of drug-likeness (QED) is 0.673. The van der Waals surface area contributed by atoms with Crippen molar-refractivity contribution in [3.63, 3.8) is 0 Å². The fourth-order valence-corrected chi connectivity index (χ4v) is 1.99. The molecule has 0 fully saturated rings. The first kappa shape index (κ1) is 18.1. The number of hydrogen-bond acceptors (Lipinski definition) is 5. The highest BCUT2D eigenvalue weighted by molar-refractivity contribution is 7.97. The summed E-state index contributed by atoms with van der Waals surface area (Å²) in [5.74, 6) is -0.396. The molecule has 0 aromatic heterocycles. The van der Waals surface area contributed by atoms with E-state index in [0.29, 0.717) is 4.90 Å². The summed E-state index contributed by atoms with van der Waals surface area (Å²) in [4.78, 5) is 24.2. The molecule has 6 nitrogen and oxygen atoms in total. The van der Waals surface area contributed by atoms with Gasteiger partial charge in [-0.05, 0) is 52.0 Å². The number of hydrazine groups is 1. The molecule has 1 N–H and O–H groups in total. The number of halogens is 1. The minimum Gasteiger partial charge on any atom is -0.446 e. The van der Waals surface area contributed by atoms with Crippen LogP contribution < -0.4 is 5.43 Å². The van der Waals surface area contributed by atoms with Gasteiger partial charge in [0.25, 0.3) is 0 Å². The Balaban J connectivity index is 2.78. The van der Waals surface area contributed by atoms with Crippen LogP contribution in [0.15, 0.2) is 29.2 Å². The van der Waals surface area contributed by atoms with Gasteiger partial charge < -0.3 is 9.47 Å². The van der Waals surface area contributed by atoms with Crippen LogP contribution in [0.1, 0.15) is 27.7 Å². The van der Waals surface area contributed by atoms with E-state index in [2.05, 4.69) is 5.43 Å². The third-order valence-corrected chi connectivity index (χ3v) is 2.95. The van der Waals surface area contributed by atoms with Crippen LogP contribution in [0.4, 0.5) is 14.0 Å². The van der Waals surface area contributed by atoms with Crippen LogP contribution in [0.5, 0.6) is 0 Å². The van der Waals surface area contributed by atoms with Gasteiger partial charge in [-0.1, -0.05) is 0 Å². The Morgan fingerprint density at radius 2 is 1.64 bits per heavy atom. The standard InChI is InChI=1S/C14H19FN2O4S/c1-9(2)20-13(18)16-17(14(19)21-10(3)4)22-12-7-5-11(15)6-8-12/h5-10H,1-4H3,(H,16,18). The lowest BCUT2D eigenvalue weighted by Gasteiger charge is -2.22. The van der Waals surface area contributed by atoms with E-state index in [1.165, 1.54) is 24.3 Å². The third-order valence-electron chi connectivity index (χ3n) is 2.05. The van der Waals surface area contributed by atoms with Crippen molar-refractivity contribution in [2.24, 2.45) is 0 Å². The number of hydrogen-bond donors (Lipinski definition) is 1. The van der Waals surface area contributed by atoms with Gasteiger partial charge in [0.15, 0.2) is 0 Å². The van der Waals surface area contributed by atoms with Gasteiger partial charge in [0, 0.05) is 16.8 Å². The summed E-state index contributed by atoms with van der Waals surface area (Å²) < 4.78 is 23.8. The van der Waals surface area contributed by atoms with E-state index in [-0.39, 0.29) is 12.2 Å². The molecule has 0 atom stereocenters. The molecule has 0 bridgehead atoms. The Hall–Kier alpha value is -1.96. The molecule has 0 unspecified atom stereocenters. The average molecular weight is 330 g/mol. The van der Waals surface area contributed by atoms with Crippen LogP contribution >= 0.6 is 11.9 Å². The van der Waals surface area contributed by atoms with Gasteiger partial charge in [-0.2, -0.15) is 0 Å². The maximum atomic E-state index is 12.9. The molecule has 2 amide bonds. The Kier molecular flexibility index (Phi) is 6.97. The number of benzene rings is 1.